The SMILES string of the molecule is CN1CC2CCCC(C1)C2N.Cl.Cl. The van der Waals surface area contributed by atoms with Gasteiger partial charge in [0.15, 0.2) is 0 Å². The van der Waals surface area contributed by atoms with E-state index in [1.165, 1.54) is 32.4 Å². The van der Waals surface area contributed by atoms with Crippen molar-refractivity contribution in [2.24, 2.45) is 17.6 Å². The molecule has 0 spiro atoms. The van der Waals surface area contributed by atoms with Crippen molar-refractivity contribution in [1.29, 1.82) is 0 Å². The second-order valence-corrected chi connectivity index (χ2v) is 4.25. The minimum absolute atomic E-state index is 0. The molecule has 2 rings (SSSR count). The van der Waals surface area contributed by atoms with Gasteiger partial charge < -0.3 is 10.6 Å². The van der Waals surface area contributed by atoms with E-state index >= 15 is 0 Å². The van der Waals surface area contributed by atoms with Crippen molar-refractivity contribution in [2.45, 2.75) is 25.3 Å². The first kappa shape index (κ1) is 13.5. The summed E-state index contributed by atoms with van der Waals surface area (Å²) < 4.78 is 0. The number of likely N-dealkylation sites (tertiary alicyclic amines) is 1. The summed E-state index contributed by atoms with van der Waals surface area (Å²) in [5, 5.41) is 0. The third-order valence-electron chi connectivity index (χ3n) is 3.33. The number of piperidine rings is 1. The highest BCUT2D eigenvalue weighted by molar-refractivity contribution is 5.85. The van der Waals surface area contributed by atoms with Crippen molar-refractivity contribution in [1.82, 2.24) is 4.90 Å². The van der Waals surface area contributed by atoms with E-state index in [0.717, 1.165) is 11.8 Å². The maximum atomic E-state index is 6.12. The molecule has 0 aromatic heterocycles. The van der Waals surface area contributed by atoms with Gasteiger partial charge in [0, 0.05) is 19.1 Å². The van der Waals surface area contributed by atoms with Crippen molar-refractivity contribution < 1.29 is 0 Å². The quantitative estimate of drug-likeness (QED) is 0.679. The van der Waals surface area contributed by atoms with Crippen LogP contribution in [-0.4, -0.2) is 31.1 Å². The molecule has 1 saturated heterocycles. The van der Waals surface area contributed by atoms with Crippen LogP contribution in [0.15, 0.2) is 0 Å². The van der Waals surface area contributed by atoms with Gasteiger partial charge in [0.1, 0.15) is 0 Å². The van der Waals surface area contributed by atoms with E-state index in [0.29, 0.717) is 6.04 Å². The zero-order chi connectivity index (χ0) is 7.84. The van der Waals surface area contributed by atoms with E-state index in [2.05, 4.69) is 11.9 Å². The van der Waals surface area contributed by atoms with E-state index in [9.17, 15) is 0 Å². The predicted octanol–water partition coefficient (Wildman–Crippen LogP) is 1.52. The first-order valence-corrected chi connectivity index (χ1v) is 4.71. The number of hydrogen-bond donors (Lipinski definition) is 1. The molecule has 80 valence electrons. The van der Waals surface area contributed by atoms with E-state index in [4.69, 9.17) is 5.73 Å². The van der Waals surface area contributed by atoms with Gasteiger partial charge in [0.05, 0.1) is 0 Å². The molecular weight excluding hydrogens is 207 g/mol. The predicted molar refractivity (Wildman–Crippen MR) is 60.8 cm³/mol. The van der Waals surface area contributed by atoms with E-state index in [1.54, 1.807) is 0 Å². The summed E-state index contributed by atoms with van der Waals surface area (Å²) >= 11 is 0. The normalized spacial score (nSPS) is 38.8. The van der Waals surface area contributed by atoms with Gasteiger partial charge in [-0.2, -0.15) is 0 Å². The Kier molecular flexibility index (Phi) is 5.61. The van der Waals surface area contributed by atoms with Crippen LogP contribution in [-0.2, 0) is 0 Å². The summed E-state index contributed by atoms with van der Waals surface area (Å²) in [5.74, 6) is 1.60. The molecule has 1 aliphatic heterocycles. The largest absolute Gasteiger partial charge is 0.327 e. The molecule has 2 fully saturated rings. The van der Waals surface area contributed by atoms with Gasteiger partial charge in [-0.05, 0) is 31.7 Å². The number of fused-ring (bicyclic) bond motifs is 2. The lowest BCUT2D eigenvalue weighted by molar-refractivity contribution is 0.0817. The van der Waals surface area contributed by atoms with Gasteiger partial charge in [-0.3, -0.25) is 0 Å². The fraction of sp³-hybridized carbons (Fsp3) is 1.00. The third kappa shape index (κ3) is 2.72. The second kappa shape index (κ2) is 5.40. The van der Waals surface area contributed by atoms with Crippen LogP contribution in [0, 0.1) is 11.8 Å². The van der Waals surface area contributed by atoms with Crippen LogP contribution in [0.2, 0.25) is 0 Å². The fourth-order valence-electron chi connectivity index (χ4n) is 2.71. The van der Waals surface area contributed by atoms with E-state index in [1.807, 2.05) is 0 Å². The van der Waals surface area contributed by atoms with Crippen LogP contribution in [0.4, 0.5) is 0 Å². The third-order valence-corrected chi connectivity index (χ3v) is 3.33. The fourth-order valence-corrected chi connectivity index (χ4v) is 2.71. The Balaban J connectivity index is 0.000000720. The molecule has 0 aromatic rings. The van der Waals surface area contributed by atoms with Crippen LogP contribution >= 0.6 is 24.8 Å². The average Bonchev–Trinajstić information content (AvgIpc) is 1.92. The Labute approximate surface area is 93.1 Å². The lowest BCUT2D eigenvalue weighted by atomic mass is 9.74. The first-order chi connectivity index (χ1) is 5.27. The minimum Gasteiger partial charge on any atom is -0.327 e. The van der Waals surface area contributed by atoms with Crippen molar-refractivity contribution >= 4 is 24.8 Å². The molecule has 2 atom stereocenters. The van der Waals surface area contributed by atoms with Gasteiger partial charge in [-0.1, -0.05) is 6.42 Å². The van der Waals surface area contributed by atoms with Crippen LogP contribution in [0.25, 0.3) is 0 Å². The number of nitrogens with two attached hydrogens (primary N) is 1. The van der Waals surface area contributed by atoms with Crippen LogP contribution in [0.3, 0.4) is 0 Å². The van der Waals surface area contributed by atoms with Crippen molar-refractivity contribution in [3.05, 3.63) is 0 Å². The molecule has 2 aliphatic rings. The molecule has 4 heteroatoms. The maximum Gasteiger partial charge on any atom is 0.0120 e. The molecule has 2 bridgehead atoms. The number of rotatable bonds is 0. The lowest BCUT2D eigenvalue weighted by Gasteiger charge is -2.44. The first-order valence-electron chi connectivity index (χ1n) is 4.71. The van der Waals surface area contributed by atoms with E-state index in [-0.39, 0.29) is 24.8 Å². The summed E-state index contributed by atoms with van der Waals surface area (Å²) in [6.07, 6.45) is 4.14. The Morgan fingerprint density at radius 3 is 2.00 bits per heavy atom. The zero-order valence-corrected chi connectivity index (χ0v) is 9.74. The smallest absolute Gasteiger partial charge is 0.0120 e. The summed E-state index contributed by atoms with van der Waals surface area (Å²) in [4.78, 5) is 2.44. The Bertz CT molecular complexity index is 141. The molecule has 0 amide bonds. The molecule has 2 N–H and O–H groups in total. The Morgan fingerprint density at radius 1 is 1.08 bits per heavy atom. The van der Waals surface area contributed by atoms with Crippen LogP contribution in [0.1, 0.15) is 19.3 Å². The average molecular weight is 227 g/mol. The molecule has 2 unspecified atom stereocenters. The Hall–Kier alpha value is 0.500. The monoisotopic (exact) mass is 226 g/mol. The molecule has 13 heavy (non-hydrogen) atoms. The molecule has 1 saturated carbocycles. The van der Waals surface area contributed by atoms with Crippen molar-refractivity contribution in [3.63, 3.8) is 0 Å². The van der Waals surface area contributed by atoms with E-state index < -0.39 is 0 Å². The van der Waals surface area contributed by atoms with Crippen molar-refractivity contribution in [3.8, 4) is 0 Å². The van der Waals surface area contributed by atoms with Gasteiger partial charge in [0.25, 0.3) is 0 Å². The number of halogens is 2. The van der Waals surface area contributed by atoms with Crippen LogP contribution < -0.4 is 5.73 Å². The summed E-state index contributed by atoms with van der Waals surface area (Å²) in [7, 11) is 2.22. The molecule has 1 heterocycles. The van der Waals surface area contributed by atoms with Crippen molar-refractivity contribution in [2.75, 3.05) is 20.1 Å². The lowest BCUT2D eigenvalue weighted by Crippen LogP contribution is -2.53. The van der Waals surface area contributed by atoms with Gasteiger partial charge in [-0.25, -0.2) is 0 Å². The summed E-state index contributed by atoms with van der Waals surface area (Å²) in [6.45, 7) is 2.47. The molecule has 2 nitrogen and oxygen atoms in total. The van der Waals surface area contributed by atoms with Gasteiger partial charge >= 0.3 is 0 Å². The van der Waals surface area contributed by atoms with Crippen LogP contribution in [0.5, 0.6) is 0 Å². The highest BCUT2D eigenvalue weighted by Gasteiger charge is 2.35. The number of nitrogens with zero attached hydrogens (tertiary/aromatic N) is 1. The molecular formula is C9H20Cl2N2. The minimum atomic E-state index is 0. The highest BCUT2D eigenvalue weighted by atomic mass is 35.5. The summed E-state index contributed by atoms with van der Waals surface area (Å²) in [5.41, 5.74) is 6.12. The topological polar surface area (TPSA) is 29.3 Å². The molecule has 0 radical (unpaired) electrons. The second-order valence-electron chi connectivity index (χ2n) is 4.25. The Morgan fingerprint density at radius 2 is 1.54 bits per heavy atom. The molecule has 1 aliphatic carbocycles. The zero-order valence-electron chi connectivity index (χ0n) is 8.11. The standard InChI is InChI=1S/C9H18N2.2ClH/c1-11-5-7-3-2-4-8(6-11)9(7)10;;/h7-9H,2-6,10H2,1H3;2*1H. The maximum absolute atomic E-state index is 6.12. The highest BCUT2D eigenvalue weighted by Crippen LogP contribution is 2.32. The number of hydrogen-bond acceptors (Lipinski definition) is 2. The van der Waals surface area contributed by atoms with Gasteiger partial charge in [0.2, 0.25) is 0 Å². The molecule has 0 aromatic carbocycles. The summed E-state index contributed by atoms with van der Waals surface area (Å²) in [6, 6.07) is 0.514. The van der Waals surface area contributed by atoms with Gasteiger partial charge in [-0.15, -0.1) is 24.8 Å².